The molecule has 0 saturated carbocycles. The molecule has 0 aliphatic rings. The normalized spacial score (nSPS) is 11.4. The highest BCUT2D eigenvalue weighted by molar-refractivity contribution is 5.69. The van der Waals surface area contributed by atoms with E-state index in [4.69, 9.17) is 10.5 Å². The molecule has 0 radical (unpaired) electrons. The summed E-state index contributed by atoms with van der Waals surface area (Å²) in [6, 6.07) is 3.13. The van der Waals surface area contributed by atoms with E-state index < -0.39 is 30.4 Å². The summed E-state index contributed by atoms with van der Waals surface area (Å²) in [7, 11) is 0. The van der Waals surface area contributed by atoms with Gasteiger partial charge in [-0.1, -0.05) is 0 Å². The molecule has 0 unspecified atom stereocenters. The van der Waals surface area contributed by atoms with Crippen molar-refractivity contribution in [3.63, 3.8) is 0 Å². The van der Waals surface area contributed by atoms with Gasteiger partial charge < -0.3 is 4.74 Å². The smallest absolute Gasteiger partial charge is 0.389 e. The number of halogens is 3. The highest BCUT2D eigenvalue weighted by atomic mass is 19.4. The van der Waals surface area contributed by atoms with E-state index in [1.54, 1.807) is 19.1 Å². The maximum atomic E-state index is 12.1. The monoisotopic (exact) mass is 262 g/mol. The molecule has 0 heterocycles. The second-order valence-electron chi connectivity index (χ2n) is 3.73. The van der Waals surface area contributed by atoms with Crippen LogP contribution in [-0.2, 0) is 9.53 Å². The predicted octanol–water partition coefficient (Wildman–Crippen LogP) is 2.71. The minimum absolute atomic E-state index is 0.146. The number of hydrogen-bond donors (Lipinski definition) is 0. The van der Waals surface area contributed by atoms with Crippen LogP contribution >= 0.6 is 0 Å². The fourth-order valence-electron chi connectivity index (χ4n) is 1.28. The first-order valence-electron chi connectivity index (χ1n) is 5.33. The fourth-order valence-corrected chi connectivity index (χ4v) is 1.28. The molecule has 0 aliphatic heterocycles. The van der Waals surface area contributed by atoms with Crippen molar-refractivity contribution < 1.29 is 22.7 Å². The van der Waals surface area contributed by atoms with Crippen molar-refractivity contribution in [1.82, 2.24) is 0 Å². The molecule has 0 aromatic rings. The second kappa shape index (κ2) is 6.85. The maximum Gasteiger partial charge on any atom is 0.389 e. The largest absolute Gasteiger partial charge is 0.466 e. The Hall–Kier alpha value is -1.76. The van der Waals surface area contributed by atoms with E-state index in [2.05, 4.69) is 4.74 Å². The van der Waals surface area contributed by atoms with Gasteiger partial charge in [-0.25, -0.2) is 0 Å². The quantitative estimate of drug-likeness (QED) is 0.690. The van der Waals surface area contributed by atoms with Crippen LogP contribution in [0.2, 0.25) is 0 Å². The standard InChI is InChI=1S/C11H13F3N2O2/c1-2-18-9(17)3-4-10(7-15,8-16)5-6-11(12,13)14/h2-6H2,1H3. The third kappa shape index (κ3) is 6.09. The fraction of sp³-hybridized carbons (Fsp3) is 0.727. The lowest BCUT2D eigenvalue weighted by Gasteiger charge is -2.18. The zero-order valence-electron chi connectivity index (χ0n) is 9.88. The minimum Gasteiger partial charge on any atom is -0.466 e. The van der Waals surface area contributed by atoms with Crippen LogP contribution in [-0.4, -0.2) is 18.8 Å². The van der Waals surface area contributed by atoms with Gasteiger partial charge in [-0.05, 0) is 19.8 Å². The predicted molar refractivity (Wildman–Crippen MR) is 54.8 cm³/mol. The zero-order valence-corrected chi connectivity index (χ0v) is 9.88. The van der Waals surface area contributed by atoms with Crippen molar-refractivity contribution in [2.75, 3.05) is 6.61 Å². The Balaban J connectivity index is 4.51. The number of alkyl halides is 3. The number of carbonyl (C=O) groups is 1. The highest BCUT2D eigenvalue weighted by Crippen LogP contribution is 2.33. The first-order chi connectivity index (χ1) is 8.28. The molecule has 0 atom stereocenters. The first-order valence-corrected chi connectivity index (χ1v) is 5.33. The molecule has 0 N–H and O–H groups in total. The Morgan fingerprint density at radius 3 is 2.11 bits per heavy atom. The lowest BCUT2D eigenvalue weighted by molar-refractivity contribution is -0.143. The van der Waals surface area contributed by atoms with E-state index in [9.17, 15) is 18.0 Å². The van der Waals surface area contributed by atoms with Gasteiger partial charge in [-0.3, -0.25) is 4.79 Å². The van der Waals surface area contributed by atoms with Gasteiger partial charge in [-0.15, -0.1) is 0 Å². The van der Waals surface area contributed by atoms with Crippen molar-refractivity contribution in [1.29, 1.82) is 10.5 Å². The molecule has 0 fully saturated rings. The van der Waals surface area contributed by atoms with Crippen molar-refractivity contribution in [3.05, 3.63) is 0 Å². The molecule has 18 heavy (non-hydrogen) atoms. The summed E-state index contributed by atoms with van der Waals surface area (Å²) in [4.78, 5) is 11.1. The van der Waals surface area contributed by atoms with E-state index in [0.717, 1.165) is 0 Å². The summed E-state index contributed by atoms with van der Waals surface area (Å²) >= 11 is 0. The van der Waals surface area contributed by atoms with Crippen molar-refractivity contribution >= 4 is 5.97 Å². The number of esters is 1. The van der Waals surface area contributed by atoms with Gasteiger partial charge in [0.25, 0.3) is 0 Å². The molecule has 0 aromatic carbocycles. The van der Waals surface area contributed by atoms with Crippen LogP contribution in [0.15, 0.2) is 0 Å². The lowest BCUT2D eigenvalue weighted by atomic mass is 9.82. The molecule has 0 aromatic heterocycles. The SMILES string of the molecule is CCOC(=O)CCC(C#N)(C#N)CCC(F)(F)F. The Kier molecular flexibility index (Phi) is 6.18. The van der Waals surface area contributed by atoms with E-state index in [1.165, 1.54) is 0 Å². The minimum atomic E-state index is -4.43. The number of nitrogens with zero attached hydrogens (tertiary/aromatic N) is 2. The van der Waals surface area contributed by atoms with Gasteiger partial charge in [0.15, 0.2) is 0 Å². The molecular weight excluding hydrogens is 249 g/mol. The van der Waals surface area contributed by atoms with Gasteiger partial charge in [0, 0.05) is 12.8 Å². The third-order valence-corrected chi connectivity index (χ3v) is 2.32. The van der Waals surface area contributed by atoms with Gasteiger partial charge in [0.05, 0.1) is 18.7 Å². The average Bonchev–Trinajstić information content (AvgIpc) is 2.29. The summed E-state index contributed by atoms with van der Waals surface area (Å²) in [6.45, 7) is 1.73. The number of ether oxygens (including phenoxy) is 1. The maximum absolute atomic E-state index is 12.1. The van der Waals surface area contributed by atoms with Gasteiger partial charge in [0.1, 0.15) is 5.41 Å². The summed E-state index contributed by atoms with van der Waals surface area (Å²) in [5.74, 6) is -0.626. The molecule has 4 nitrogen and oxygen atoms in total. The molecule has 0 aliphatic carbocycles. The molecule has 0 saturated heterocycles. The Labute approximate surface area is 103 Å². The summed E-state index contributed by atoms with van der Waals surface area (Å²) in [6.07, 6.45) is -6.79. The molecule has 7 heteroatoms. The van der Waals surface area contributed by atoms with Crippen LogP contribution in [0, 0.1) is 28.1 Å². The van der Waals surface area contributed by atoms with Crippen molar-refractivity contribution in [2.24, 2.45) is 5.41 Å². The molecule has 100 valence electrons. The summed E-state index contributed by atoms with van der Waals surface area (Å²) < 4.78 is 40.8. The van der Waals surface area contributed by atoms with E-state index in [0.29, 0.717) is 0 Å². The second-order valence-corrected chi connectivity index (χ2v) is 3.73. The Morgan fingerprint density at radius 1 is 1.17 bits per heavy atom. The van der Waals surface area contributed by atoms with Crippen LogP contribution in [0.3, 0.4) is 0 Å². The third-order valence-electron chi connectivity index (χ3n) is 2.32. The van der Waals surface area contributed by atoms with Crippen LogP contribution in [0.4, 0.5) is 13.2 Å². The average molecular weight is 262 g/mol. The van der Waals surface area contributed by atoms with E-state index in [1.807, 2.05) is 0 Å². The first kappa shape index (κ1) is 16.2. The Morgan fingerprint density at radius 2 is 1.72 bits per heavy atom. The lowest BCUT2D eigenvalue weighted by Crippen LogP contribution is -2.22. The van der Waals surface area contributed by atoms with Crippen molar-refractivity contribution in [2.45, 2.75) is 38.8 Å². The summed E-state index contributed by atoms with van der Waals surface area (Å²) in [5.41, 5.74) is -1.79. The molecule has 0 spiro atoms. The number of nitriles is 2. The van der Waals surface area contributed by atoms with E-state index in [-0.39, 0.29) is 19.4 Å². The molecular formula is C11H13F3N2O2. The van der Waals surface area contributed by atoms with E-state index >= 15 is 0 Å². The van der Waals surface area contributed by atoms with Gasteiger partial charge in [0.2, 0.25) is 0 Å². The van der Waals surface area contributed by atoms with Crippen LogP contribution in [0.1, 0.15) is 32.6 Å². The number of rotatable bonds is 6. The van der Waals surface area contributed by atoms with Crippen LogP contribution in [0.5, 0.6) is 0 Å². The highest BCUT2D eigenvalue weighted by Gasteiger charge is 2.37. The molecule has 0 amide bonds. The Bertz CT molecular complexity index is 352. The zero-order chi connectivity index (χ0) is 14.2. The number of hydrogen-bond acceptors (Lipinski definition) is 4. The molecule has 0 bridgehead atoms. The summed E-state index contributed by atoms with van der Waals surface area (Å²) in [5, 5.41) is 17.6. The van der Waals surface area contributed by atoms with Crippen LogP contribution in [0.25, 0.3) is 0 Å². The van der Waals surface area contributed by atoms with Crippen LogP contribution < -0.4 is 0 Å². The molecule has 0 rings (SSSR count). The topological polar surface area (TPSA) is 73.9 Å². The van der Waals surface area contributed by atoms with Gasteiger partial charge >= 0.3 is 12.1 Å². The van der Waals surface area contributed by atoms with Crippen molar-refractivity contribution in [3.8, 4) is 12.1 Å². The number of carbonyl (C=O) groups excluding carboxylic acids is 1. The van der Waals surface area contributed by atoms with Gasteiger partial charge in [-0.2, -0.15) is 23.7 Å².